The molecule has 2 aromatic carbocycles. The van der Waals surface area contributed by atoms with Crippen molar-refractivity contribution in [2.45, 2.75) is 32.2 Å². The standard InChI is InChI=1S/C21H22O3/c1-22-20-13-10-17(11-14-20)9-12-18-6-2-3-7-19(18)16-24-21-8-4-5-15-23-21/h2-3,6-7,10-11,13-14,21H,4-5,8,15-16H2,1H3. The Labute approximate surface area is 143 Å². The van der Waals surface area contributed by atoms with Crippen molar-refractivity contribution in [1.29, 1.82) is 0 Å². The van der Waals surface area contributed by atoms with Crippen molar-refractivity contribution in [2.75, 3.05) is 13.7 Å². The van der Waals surface area contributed by atoms with Gasteiger partial charge in [0.15, 0.2) is 6.29 Å². The van der Waals surface area contributed by atoms with E-state index in [9.17, 15) is 0 Å². The first-order valence-corrected chi connectivity index (χ1v) is 8.32. The minimum atomic E-state index is -0.0821. The lowest BCUT2D eigenvalue weighted by atomic mass is 10.1. The summed E-state index contributed by atoms with van der Waals surface area (Å²) in [4.78, 5) is 0. The Morgan fingerprint density at radius 3 is 2.62 bits per heavy atom. The lowest BCUT2D eigenvalue weighted by molar-refractivity contribution is -0.168. The molecular formula is C21H22O3. The molecule has 1 heterocycles. The van der Waals surface area contributed by atoms with Crippen molar-refractivity contribution in [3.63, 3.8) is 0 Å². The average molecular weight is 322 g/mol. The summed E-state index contributed by atoms with van der Waals surface area (Å²) in [5.74, 6) is 7.28. The predicted octanol–water partition coefficient (Wildman–Crippen LogP) is 4.14. The molecule has 24 heavy (non-hydrogen) atoms. The molecule has 3 heteroatoms. The average Bonchev–Trinajstić information content (AvgIpc) is 2.66. The summed E-state index contributed by atoms with van der Waals surface area (Å²) in [6.45, 7) is 1.32. The zero-order chi connectivity index (χ0) is 16.6. The molecule has 1 unspecified atom stereocenters. The number of hydrogen-bond acceptors (Lipinski definition) is 3. The molecule has 0 aliphatic carbocycles. The van der Waals surface area contributed by atoms with Gasteiger partial charge in [0.2, 0.25) is 0 Å². The van der Waals surface area contributed by atoms with Gasteiger partial charge in [-0.2, -0.15) is 0 Å². The third-order valence-electron chi connectivity index (χ3n) is 4.01. The molecule has 0 bridgehead atoms. The lowest BCUT2D eigenvalue weighted by Gasteiger charge is -2.22. The Morgan fingerprint density at radius 2 is 1.88 bits per heavy atom. The van der Waals surface area contributed by atoms with Crippen LogP contribution < -0.4 is 4.74 Å². The first kappa shape index (κ1) is 16.6. The fourth-order valence-corrected chi connectivity index (χ4v) is 2.61. The molecule has 1 saturated heterocycles. The SMILES string of the molecule is COc1ccc(C#Cc2ccccc2COC2CCCCO2)cc1. The largest absolute Gasteiger partial charge is 0.497 e. The first-order valence-electron chi connectivity index (χ1n) is 8.32. The Bertz CT molecular complexity index is 704. The summed E-state index contributed by atoms with van der Waals surface area (Å²) in [6.07, 6.45) is 3.19. The van der Waals surface area contributed by atoms with Gasteiger partial charge in [0.05, 0.1) is 13.7 Å². The Kier molecular flexibility index (Phi) is 5.90. The van der Waals surface area contributed by atoms with E-state index >= 15 is 0 Å². The summed E-state index contributed by atoms with van der Waals surface area (Å²) in [7, 11) is 1.66. The number of rotatable bonds is 4. The summed E-state index contributed by atoms with van der Waals surface area (Å²) in [5.41, 5.74) is 3.04. The second-order valence-electron chi connectivity index (χ2n) is 5.74. The fourth-order valence-electron chi connectivity index (χ4n) is 2.61. The number of hydrogen-bond donors (Lipinski definition) is 0. The monoisotopic (exact) mass is 322 g/mol. The highest BCUT2D eigenvalue weighted by molar-refractivity contribution is 5.47. The zero-order valence-electron chi connectivity index (χ0n) is 14.0. The van der Waals surface area contributed by atoms with Crippen LogP contribution in [0.25, 0.3) is 0 Å². The van der Waals surface area contributed by atoms with Gasteiger partial charge in [-0.05, 0) is 55.2 Å². The molecule has 0 aromatic heterocycles. The van der Waals surface area contributed by atoms with Crippen LogP contribution in [0.4, 0.5) is 0 Å². The second kappa shape index (κ2) is 8.54. The van der Waals surface area contributed by atoms with E-state index in [1.54, 1.807) is 7.11 Å². The zero-order valence-corrected chi connectivity index (χ0v) is 14.0. The van der Waals surface area contributed by atoms with Crippen LogP contribution in [0.3, 0.4) is 0 Å². The molecule has 0 amide bonds. The van der Waals surface area contributed by atoms with Gasteiger partial charge < -0.3 is 14.2 Å². The Hall–Kier alpha value is -2.28. The molecule has 1 aliphatic rings. The van der Waals surface area contributed by atoms with E-state index in [2.05, 4.69) is 17.9 Å². The molecule has 0 radical (unpaired) electrons. The summed E-state index contributed by atoms with van der Waals surface area (Å²) in [6, 6.07) is 15.8. The molecular weight excluding hydrogens is 300 g/mol. The number of methoxy groups -OCH3 is 1. The normalized spacial score (nSPS) is 17.0. The molecule has 1 aliphatic heterocycles. The Balaban J connectivity index is 1.68. The van der Waals surface area contributed by atoms with Gasteiger partial charge in [0, 0.05) is 17.7 Å². The van der Waals surface area contributed by atoms with Gasteiger partial charge in [-0.3, -0.25) is 0 Å². The number of ether oxygens (including phenoxy) is 3. The van der Waals surface area contributed by atoms with Crippen LogP contribution in [0.5, 0.6) is 5.75 Å². The summed E-state index contributed by atoms with van der Waals surface area (Å²) >= 11 is 0. The van der Waals surface area contributed by atoms with E-state index in [1.807, 2.05) is 42.5 Å². The maximum absolute atomic E-state index is 5.89. The highest BCUT2D eigenvalue weighted by Gasteiger charge is 2.14. The first-order chi connectivity index (χ1) is 11.8. The van der Waals surface area contributed by atoms with E-state index in [1.165, 1.54) is 6.42 Å². The predicted molar refractivity (Wildman–Crippen MR) is 93.8 cm³/mol. The van der Waals surface area contributed by atoms with Gasteiger partial charge in [0.1, 0.15) is 5.75 Å². The molecule has 3 nitrogen and oxygen atoms in total. The smallest absolute Gasteiger partial charge is 0.158 e. The summed E-state index contributed by atoms with van der Waals surface area (Å²) in [5, 5.41) is 0. The molecule has 2 aromatic rings. The van der Waals surface area contributed by atoms with E-state index in [-0.39, 0.29) is 6.29 Å². The maximum Gasteiger partial charge on any atom is 0.158 e. The second-order valence-corrected chi connectivity index (χ2v) is 5.74. The molecule has 0 saturated carbocycles. The van der Waals surface area contributed by atoms with Crippen LogP contribution in [0.2, 0.25) is 0 Å². The molecule has 3 rings (SSSR count). The van der Waals surface area contributed by atoms with Crippen molar-refractivity contribution in [3.8, 4) is 17.6 Å². The van der Waals surface area contributed by atoms with Crippen molar-refractivity contribution >= 4 is 0 Å². The van der Waals surface area contributed by atoms with Crippen LogP contribution in [0.1, 0.15) is 36.0 Å². The molecule has 1 atom stereocenters. The third-order valence-corrected chi connectivity index (χ3v) is 4.01. The molecule has 1 fully saturated rings. The quantitative estimate of drug-likeness (QED) is 0.792. The maximum atomic E-state index is 5.89. The van der Waals surface area contributed by atoms with Crippen LogP contribution >= 0.6 is 0 Å². The number of benzene rings is 2. The van der Waals surface area contributed by atoms with Gasteiger partial charge in [0.25, 0.3) is 0 Å². The summed E-state index contributed by atoms with van der Waals surface area (Å²) < 4.78 is 16.7. The van der Waals surface area contributed by atoms with Crippen LogP contribution in [0.15, 0.2) is 48.5 Å². The molecule has 0 spiro atoms. The van der Waals surface area contributed by atoms with Gasteiger partial charge in [-0.1, -0.05) is 30.0 Å². The van der Waals surface area contributed by atoms with Crippen molar-refractivity contribution in [2.24, 2.45) is 0 Å². The van der Waals surface area contributed by atoms with Gasteiger partial charge in [-0.25, -0.2) is 0 Å². The Morgan fingerprint density at radius 1 is 1.04 bits per heavy atom. The van der Waals surface area contributed by atoms with E-state index in [0.717, 1.165) is 41.9 Å². The molecule has 124 valence electrons. The van der Waals surface area contributed by atoms with E-state index < -0.39 is 0 Å². The van der Waals surface area contributed by atoms with Crippen LogP contribution in [-0.4, -0.2) is 20.0 Å². The van der Waals surface area contributed by atoms with Crippen molar-refractivity contribution in [3.05, 3.63) is 65.2 Å². The highest BCUT2D eigenvalue weighted by Crippen LogP contribution is 2.17. The van der Waals surface area contributed by atoms with Crippen molar-refractivity contribution < 1.29 is 14.2 Å². The topological polar surface area (TPSA) is 27.7 Å². The van der Waals surface area contributed by atoms with E-state index in [4.69, 9.17) is 14.2 Å². The van der Waals surface area contributed by atoms with Crippen LogP contribution in [-0.2, 0) is 16.1 Å². The lowest BCUT2D eigenvalue weighted by Crippen LogP contribution is -2.22. The molecule has 0 N–H and O–H groups in total. The fraction of sp³-hybridized carbons (Fsp3) is 0.333. The third kappa shape index (κ3) is 4.61. The van der Waals surface area contributed by atoms with Crippen molar-refractivity contribution in [1.82, 2.24) is 0 Å². The van der Waals surface area contributed by atoms with Gasteiger partial charge >= 0.3 is 0 Å². The minimum Gasteiger partial charge on any atom is -0.497 e. The van der Waals surface area contributed by atoms with Gasteiger partial charge in [-0.15, -0.1) is 0 Å². The minimum absolute atomic E-state index is 0.0821. The van der Waals surface area contributed by atoms with Crippen LogP contribution in [0, 0.1) is 11.8 Å². The highest BCUT2D eigenvalue weighted by atomic mass is 16.7. The van der Waals surface area contributed by atoms with E-state index in [0.29, 0.717) is 6.61 Å².